The van der Waals surface area contributed by atoms with E-state index in [0.717, 1.165) is 27.0 Å². The normalized spacial score (nSPS) is 20.9. The van der Waals surface area contributed by atoms with Crippen LogP contribution >= 0.6 is 43.6 Å². The first-order chi connectivity index (χ1) is 13.1. The van der Waals surface area contributed by atoms with E-state index in [4.69, 9.17) is 4.99 Å². The number of hydrogen-bond acceptors (Lipinski definition) is 3. The van der Waals surface area contributed by atoms with Gasteiger partial charge in [-0.1, -0.05) is 67.9 Å². The van der Waals surface area contributed by atoms with Crippen molar-refractivity contribution >= 4 is 54.9 Å². The van der Waals surface area contributed by atoms with E-state index in [1.54, 1.807) is 11.8 Å². The Morgan fingerprint density at radius 2 is 1.67 bits per heavy atom. The SMILES string of the molecule is CSC1=NC(c2ccc(Br)cc2)C2=C(N1)C(=Cc1ccc(Br)cc1)CCC2. The van der Waals surface area contributed by atoms with Crippen LogP contribution in [0.3, 0.4) is 0 Å². The molecule has 2 aromatic carbocycles. The molecule has 27 heavy (non-hydrogen) atoms. The third-order valence-electron chi connectivity index (χ3n) is 4.93. The van der Waals surface area contributed by atoms with Crippen molar-refractivity contribution in [3.05, 3.63) is 85.4 Å². The van der Waals surface area contributed by atoms with Gasteiger partial charge in [-0.05, 0) is 78.1 Å². The molecule has 0 aromatic heterocycles. The number of allylic oxidation sites excluding steroid dienone is 1. The van der Waals surface area contributed by atoms with Crippen LogP contribution in [-0.2, 0) is 0 Å². The van der Waals surface area contributed by atoms with E-state index in [0.29, 0.717) is 0 Å². The van der Waals surface area contributed by atoms with Gasteiger partial charge in [-0.3, -0.25) is 0 Å². The Hall–Kier alpha value is -1.30. The maximum absolute atomic E-state index is 5.00. The van der Waals surface area contributed by atoms with Gasteiger partial charge in [0.1, 0.15) is 6.04 Å². The van der Waals surface area contributed by atoms with Crippen molar-refractivity contribution in [3.63, 3.8) is 0 Å². The van der Waals surface area contributed by atoms with Crippen LogP contribution in [0.25, 0.3) is 6.08 Å². The number of benzene rings is 2. The summed E-state index contributed by atoms with van der Waals surface area (Å²) in [4.78, 5) is 5.00. The maximum Gasteiger partial charge on any atom is 0.161 e. The molecule has 1 aliphatic heterocycles. The fourth-order valence-electron chi connectivity index (χ4n) is 3.62. The molecule has 0 saturated carbocycles. The van der Waals surface area contributed by atoms with E-state index in [2.05, 4.69) is 98.0 Å². The quantitative estimate of drug-likeness (QED) is 0.472. The molecule has 2 aliphatic rings. The lowest BCUT2D eigenvalue weighted by atomic mass is 9.84. The van der Waals surface area contributed by atoms with Crippen molar-refractivity contribution in [3.8, 4) is 0 Å². The summed E-state index contributed by atoms with van der Waals surface area (Å²) < 4.78 is 2.21. The zero-order valence-electron chi connectivity index (χ0n) is 15.0. The lowest BCUT2D eigenvalue weighted by Crippen LogP contribution is -2.30. The van der Waals surface area contributed by atoms with Crippen molar-refractivity contribution in [1.29, 1.82) is 0 Å². The van der Waals surface area contributed by atoms with E-state index in [9.17, 15) is 0 Å². The third-order valence-corrected chi connectivity index (χ3v) is 6.58. The summed E-state index contributed by atoms with van der Waals surface area (Å²) >= 11 is 8.73. The molecule has 138 valence electrons. The monoisotopic (exact) mass is 502 g/mol. The second-order valence-corrected chi connectivity index (χ2v) is 9.32. The summed E-state index contributed by atoms with van der Waals surface area (Å²) in [6.07, 6.45) is 7.75. The van der Waals surface area contributed by atoms with Crippen LogP contribution in [0.1, 0.15) is 36.4 Å². The average Bonchev–Trinajstić information content (AvgIpc) is 2.70. The minimum atomic E-state index is 0.102. The number of thioether (sulfide) groups is 1. The number of aliphatic imine (C=N–C) groups is 1. The molecular weight excluding hydrogens is 484 g/mol. The molecular formula is C22H20Br2N2S. The molecule has 5 heteroatoms. The highest BCUT2D eigenvalue weighted by molar-refractivity contribution is 9.10. The molecule has 2 nitrogen and oxygen atoms in total. The lowest BCUT2D eigenvalue weighted by molar-refractivity contribution is 0.659. The van der Waals surface area contributed by atoms with E-state index in [-0.39, 0.29) is 6.04 Å². The van der Waals surface area contributed by atoms with E-state index >= 15 is 0 Å². The molecule has 2 aromatic rings. The Morgan fingerprint density at radius 3 is 2.33 bits per heavy atom. The first-order valence-electron chi connectivity index (χ1n) is 8.98. The summed E-state index contributed by atoms with van der Waals surface area (Å²) in [5.41, 5.74) is 6.55. The first-order valence-corrected chi connectivity index (χ1v) is 11.8. The standard InChI is InChI=1S/C22H20Br2N2S/c1-27-22-25-20(15-7-11-18(24)12-8-15)19-4-2-3-16(21(19)26-22)13-14-5-9-17(23)10-6-14/h5-13,20H,2-4H2,1H3,(H,25,26). The van der Waals surface area contributed by atoms with Gasteiger partial charge in [0, 0.05) is 14.6 Å². The fourth-order valence-corrected chi connectivity index (χ4v) is 4.57. The largest absolute Gasteiger partial charge is 0.335 e. The zero-order chi connectivity index (χ0) is 18.8. The highest BCUT2D eigenvalue weighted by atomic mass is 79.9. The predicted molar refractivity (Wildman–Crippen MR) is 124 cm³/mol. The second kappa shape index (κ2) is 8.38. The number of amidine groups is 1. The Morgan fingerprint density at radius 1 is 1.00 bits per heavy atom. The van der Waals surface area contributed by atoms with Crippen molar-refractivity contribution in [2.24, 2.45) is 4.99 Å². The minimum Gasteiger partial charge on any atom is -0.335 e. The number of halogens is 2. The van der Waals surface area contributed by atoms with Gasteiger partial charge in [0.2, 0.25) is 0 Å². The molecule has 0 spiro atoms. The fraction of sp³-hybridized carbons (Fsp3) is 0.227. The molecule has 0 bridgehead atoms. The van der Waals surface area contributed by atoms with Crippen LogP contribution in [0.4, 0.5) is 0 Å². The Bertz CT molecular complexity index is 928. The topological polar surface area (TPSA) is 24.4 Å². The van der Waals surface area contributed by atoms with E-state index < -0.39 is 0 Å². The summed E-state index contributed by atoms with van der Waals surface area (Å²) in [6.45, 7) is 0. The molecule has 1 unspecified atom stereocenters. The molecule has 1 atom stereocenters. The zero-order valence-corrected chi connectivity index (χ0v) is 19.0. The van der Waals surface area contributed by atoms with Gasteiger partial charge in [0.25, 0.3) is 0 Å². The van der Waals surface area contributed by atoms with Gasteiger partial charge < -0.3 is 5.32 Å². The number of hydrogen-bond donors (Lipinski definition) is 1. The van der Waals surface area contributed by atoms with Gasteiger partial charge in [-0.15, -0.1) is 0 Å². The molecule has 1 aliphatic carbocycles. The van der Waals surface area contributed by atoms with Crippen molar-refractivity contribution in [2.45, 2.75) is 25.3 Å². The first kappa shape index (κ1) is 19.0. The lowest BCUT2D eigenvalue weighted by Gasteiger charge is -2.32. The highest BCUT2D eigenvalue weighted by Crippen LogP contribution is 2.41. The number of rotatable bonds is 2. The summed E-state index contributed by atoms with van der Waals surface area (Å²) in [5.74, 6) is 0. The molecule has 1 N–H and O–H groups in total. The average molecular weight is 504 g/mol. The van der Waals surface area contributed by atoms with Crippen LogP contribution in [0.15, 0.2) is 79.3 Å². The van der Waals surface area contributed by atoms with Gasteiger partial charge in [-0.25, -0.2) is 4.99 Å². The maximum atomic E-state index is 5.00. The molecule has 0 radical (unpaired) electrons. The van der Waals surface area contributed by atoms with Gasteiger partial charge in [0.05, 0.1) is 0 Å². The Kier molecular flexibility index (Phi) is 5.90. The van der Waals surface area contributed by atoms with Crippen LogP contribution < -0.4 is 5.32 Å². The molecule has 0 fully saturated rings. The Balaban J connectivity index is 1.76. The Labute approximate surface area is 181 Å². The smallest absolute Gasteiger partial charge is 0.161 e. The van der Waals surface area contributed by atoms with E-state index in [1.807, 2.05) is 0 Å². The highest BCUT2D eigenvalue weighted by Gasteiger charge is 2.29. The van der Waals surface area contributed by atoms with Gasteiger partial charge in [0.15, 0.2) is 5.17 Å². The van der Waals surface area contributed by atoms with E-state index in [1.165, 1.54) is 34.4 Å². The molecule has 0 amide bonds. The summed E-state index contributed by atoms with van der Waals surface area (Å²) in [7, 11) is 0. The van der Waals surface area contributed by atoms with Crippen molar-refractivity contribution < 1.29 is 0 Å². The predicted octanol–water partition coefficient (Wildman–Crippen LogP) is 7.10. The number of nitrogens with one attached hydrogen (secondary N) is 1. The van der Waals surface area contributed by atoms with Crippen molar-refractivity contribution in [1.82, 2.24) is 5.32 Å². The van der Waals surface area contributed by atoms with Crippen LogP contribution in [0.5, 0.6) is 0 Å². The molecule has 1 heterocycles. The summed E-state index contributed by atoms with van der Waals surface area (Å²) in [5, 5.41) is 4.59. The van der Waals surface area contributed by atoms with Crippen LogP contribution in [-0.4, -0.2) is 11.4 Å². The minimum absolute atomic E-state index is 0.102. The molecule has 4 rings (SSSR count). The van der Waals surface area contributed by atoms with Gasteiger partial charge in [-0.2, -0.15) is 0 Å². The number of nitrogens with zero attached hydrogens (tertiary/aromatic N) is 1. The van der Waals surface area contributed by atoms with Crippen LogP contribution in [0, 0.1) is 0 Å². The van der Waals surface area contributed by atoms with Crippen molar-refractivity contribution in [2.75, 3.05) is 6.26 Å². The summed E-state index contributed by atoms with van der Waals surface area (Å²) in [6, 6.07) is 17.2. The van der Waals surface area contributed by atoms with Gasteiger partial charge >= 0.3 is 0 Å². The second-order valence-electron chi connectivity index (χ2n) is 6.69. The third kappa shape index (κ3) is 4.25. The van der Waals surface area contributed by atoms with Crippen LogP contribution in [0.2, 0.25) is 0 Å². The molecule has 0 saturated heterocycles.